The van der Waals surface area contributed by atoms with Crippen LogP contribution in [0.4, 0.5) is 10.1 Å². The zero-order valence-electron chi connectivity index (χ0n) is 14.6. The van der Waals surface area contributed by atoms with Gasteiger partial charge in [0.25, 0.3) is 0 Å². The van der Waals surface area contributed by atoms with Gasteiger partial charge in [-0.3, -0.25) is 0 Å². The van der Waals surface area contributed by atoms with Crippen LogP contribution in [0, 0.1) is 17.1 Å². The van der Waals surface area contributed by atoms with Gasteiger partial charge in [0, 0.05) is 11.9 Å². The molecule has 0 aliphatic heterocycles. The number of aromatic nitrogens is 4. The highest BCUT2D eigenvalue weighted by Crippen LogP contribution is 2.26. The van der Waals surface area contributed by atoms with Crippen molar-refractivity contribution < 1.29 is 13.9 Å². The Hall–Kier alpha value is -4.19. The van der Waals surface area contributed by atoms with Gasteiger partial charge in [-0.2, -0.15) is 10.1 Å². The fourth-order valence-electron chi connectivity index (χ4n) is 2.86. The normalized spacial score (nSPS) is 10.8. The van der Waals surface area contributed by atoms with Crippen LogP contribution in [0.1, 0.15) is 16.1 Å². The molecule has 0 bridgehead atoms. The molecule has 0 unspecified atom stereocenters. The SMILES string of the molecule is COC(=O)c1c(N)c(C#N)cn1-c1ccc2nn(-c3ccc(F)cc3)nc2c1. The summed E-state index contributed by atoms with van der Waals surface area (Å²) in [5.41, 5.74) is 8.51. The molecular weight excluding hydrogens is 363 g/mol. The second kappa shape index (κ2) is 6.51. The average Bonchev–Trinajstić information content (AvgIpc) is 3.28. The minimum absolute atomic E-state index is 0.0458. The van der Waals surface area contributed by atoms with Crippen LogP contribution in [0.25, 0.3) is 22.4 Å². The van der Waals surface area contributed by atoms with Gasteiger partial charge in [-0.1, -0.05) is 0 Å². The van der Waals surface area contributed by atoms with Crippen molar-refractivity contribution >= 4 is 22.7 Å². The molecule has 0 fully saturated rings. The number of methoxy groups -OCH3 is 1. The molecule has 0 spiro atoms. The molecule has 0 amide bonds. The van der Waals surface area contributed by atoms with E-state index in [4.69, 9.17) is 10.5 Å². The van der Waals surface area contributed by atoms with Crippen LogP contribution in [-0.4, -0.2) is 32.6 Å². The second-order valence-electron chi connectivity index (χ2n) is 5.92. The van der Waals surface area contributed by atoms with Crippen LogP contribution in [0.15, 0.2) is 48.7 Å². The Balaban J connectivity index is 1.84. The third kappa shape index (κ3) is 2.73. The predicted molar refractivity (Wildman–Crippen MR) is 98.6 cm³/mol. The number of nitriles is 1. The third-order valence-electron chi connectivity index (χ3n) is 4.24. The first-order valence-corrected chi connectivity index (χ1v) is 8.14. The zero-order valence-corrected chi connectivity index (χ0v) is 14.6. The molecule has 0 saturated heterocycles. The number of halogens is 1. The van der Waals surface area contributed by atoms with Crippen LogP contribution in [-0.2, 0) is 4.74 Å². The fraction of sp³-hybridized carbons (Fsp3) is 0.0526. The number of ether oxygens (including phenoxy) is 1. The molecule has 138 valence electrons. The summed E-state index contributed by atoms with van der Waals surface area (Å²) >= 11 is 0. The molecule has 4 aromatic rings. The summed E-state index contributed by atoms with van der Waals surface area (Å²) in [4.78, 5) is 13.5. The Morgan fingerprint density at radius 2 is 1.82 bits per heavy atom. The zero-order chi connectivity index (χ0) is 19.8. The Bertz CT molecular complexity index is 1250. The van der Waals surface area contributed by atoms with E-state index >= 15 is 0 Å². The number of hydrogen-bond donors (Lipinski definition) is 1. The van der Waals surface area contributed by atoms with Crippen LogP contribution < -0.4 is 5.73 Å². The lowest BCUT2D eigenvalue weighted by Crippen LogP contribution is -2.11. The lowest BCUT2D eigenvalue weighted by Gasteiger charge is -2.08. The fourth-order valence-corrected chi connectivity index (χ4v) is 2.86. The summed E-state index contributed by atoms with van der Waals surface area (Å²) in [5.74, 6) is -1.01. The van der Waals surface area contributed by atoms with Crippen molar-refractivity contribution in [3.8, 4) is 17.4 Å². The van der Waals surface area contributed by atoms with Crippen LogP contribution in [0.5, 0.6) is 0 Å². The number of carbonyl (C=O) groups is 1. The van der Waals surface area contributed by atoms with Crippen molar-refractivity contribution in [2.75, 3.05) is 12.8 Å². The summed E-state index contributed by atoms with van der Waals surface area (Å²) in [6, 6.07) is 12.9. The molecule has 0 radical (unpaired) electrons. The van der Waals surface area contributed by atoms with Gasteiger partial charge in [0.15, 0.2) is 5.69 Å². The Morgan fingerprint density at radius 3 is 2.50 bits per heavy atom. The number of nitrogens with zero attached hydrogens (tertiary/aromatic N) is 5. The van der Waals surface area contributed by atoms with Gasteiger partial charge >= 0.3 is 5.97 Å². The molecule has 2 aromatic carbocycles. The molecule has 0 aliphatic rings. The lowest BCUT2D eigenvalue weighted by atomic mass is 10.2. The maximum atomic E-state index is 13.1. The highest BCUT2D eigenvalue weighted by molar-refractivity contribution is 5.96. The molecule has 2 aromatic heterocycles. The molecule has 2 N–H and O–H groups in total. The van der Waals surface area contributed by atoms with Crippen molar-refractivity contribution in [1.29, 1.82) is 5.26 Å². The Labute approximate surface area is 158 Å². The average molecular weight is 376 g/mol. The number of hydrogen-bond acceptors (Lipinski definition) is 6. The smallest absolute Gasteiger partial charge is 0.357 e. The maximum Gasteiger partial charge on any atom is 0.357 e. The van der Waals surface area contributed by atoms with Crippen molar-refractivity contribution in [3.05, 3.63) is 65.7 Å². The van der Waals surface area contributed by atoms with Gasteiger partial charge in [-0.15, -0.1) is 10.2 Å². The Kier molecular flexibility index (Phi) is 4.01. The van der Waals surface area contributed by atoms with E-state index in [1.807, 2.05) is 6.07 Å². The number of benzene rings is 2. The summed E-state index contributed by atoms with van der Waals surface area (Å²) in [7, 11) is 1.24. The third-order valence-corrected chi connectivity index (χ3v) is 4.24. The first kappa shape index (κ1) is 17.2. The van der Waals surface area contributed by atoms with E-state index in [0.717, 1.165) is 0 Å². The highest BCUT2D eigenvalue weighted by Gasteiger charge is 2.22. The molecule has 9 heteroatoms. The molecule has 28 heavy (non-hydrogen) atoms. The van der Waals surface area contributed by atoms with E-state index in [9.17, 15) is 14.4 Å². The lowest BCUT2D eigenvalue weighted by molar-refractivity contribution is 0.0593. The van der Waals surface area contributed by atoms with Gasteiger partial charge in [-0.05, 0) is 42.5 Å². The van der Waals surface area contributed by atoms with Crippen molar-refractivity contribution in [1.82, 2.24) is 19.6 Å². The number of nitrogen functional groups attached to an aromatic ring is 1. The van der Waals surface area contributed by atoms with Crippen molar-refractivity contribution in [2.24, 2.45) is 0 Å². The monoisotopic (exact) mass is 376 g/mol. The van der Waals surface area contributed by atoms with E-state index in [1.54, 1.807) is 30.3 Å². The molecule has 8 nitrogen and oxygen atoms in total. The van der Waals surface area contributed by atoms with Crippen LogP contribution in [0.2, 0.25) is 0 Å². The maximum absolute atomic E-state index is 13.1. The topological polar surface area (TPSA) is 112 Å². The van der Waals surface area contributed by atoms with Gasteiger partial charge in [0.1, 0.15) is 22.9 Å². The van der Waals surface area contributed by atoms with Crippen LogP contribution >= 0.6 is 0 Å². The standard InChI is InChI=1S/C19H13FN6O2/c1-28-19(27)18-17(22)11(9-21)10-25(18)14-6-7-15-16(8-14)24-26(23-15)13-4-2-12(20)3-5-13/h2-8,10H,22H2,1H3. The number of nitrogens with two attached hydrogens (primary N) is 1. The number of rotatable bonds is 3. The van der Waals surface area contributed by atoms with E-state index in [1.165, 1.54) is 34.8 Å². The Morgan fingerprint density at radius 1 is 1.14 bits per heavy atom. The van der Waals surface area contributed by atoms with E-state index in [-0.39, 0.29) is 22.8 Å². The van der Waals surface area contributed by atoms with E-state index < -0.39 is 5.97 Å². The first-order valence-electron chi connectivity index (χ1n) is 8.14. The molecule has 0 saturated carbocycles. The number of carbonyl (C=O) groups excluding carboxylic acids is 1. The van der Waals surface area contributed by atoms with Crippen molar-refractivity contribution in [3.63, 3.8) is 0 Å². The summed E-state index contributed by atoms with van der Waals surface area (Å²) in [6.07, 6.45) is 1.47. The molecular formula is C19H13FN6O2. The van der Waals surface area contributed by atoms with Gasteiger partial charge in [0.05, 0.1) is 24.0 Å². The summed E-state index contributed by atoms with van der Waals surface area (Å²) < 4.78 is 19.4. The predicted octanol–water partition coefficient (Wildman–Crippen LogP) is 2.59. The first-order chi connectivity index (χ1) is 13.5. The number of esters is 1. The number of fused-ring (bicyclic) bond motifs is 1. The van der Waals surface area contributed by atoms with Crippen molar-refractivity contribution in [2.45, 2.75) is 0 Å². The summed E-state index contributed by atoms with van der Waals surface area (Å²) in [6.45, 7) is 0. The molecule has 0 aliphatic carbocycles. The molecule has 2 heterocycles. The van der Waals surface area contributed by atoms with Gasteiger partial charge < -0.3 is 15.0 Å². The largest absolute Gasteiger partial charge is 0.464 e. The second-order valence-corrected chi connectivity index (χ2v) is 5.92. The quantitative estimate of drug-likeness (QED) is 0.550. The number of anilines is 1. The van der Waals surface area contributed by atoms with E-state index in [2.05, 4.69) is 10.2 Å². The highest BCUT2D eigenvalue weighted by atomic mass is 19.1. The minimum atomic E-state index is -0.658. The minimum Gasteiger partial charge on any atom is -0.464 e. The summed E-state index contributed by atoms with van der Waals surface area (Å²) in [5, 5.41) is 18.0. The van der Waals surface area contributed by atoms with Gasteiger partial charge in [-0.25, -0.2) is 9.18 Å². The van der Waals surface area contributed by atoms with Crippen LogP contribution in [0.3, 0.4) is 0 Å². The van der Waals surface area contributed by atoms with E-state index in [0.29, 0.717) is 22.4 Å². The molecule has 4 rings (SSSR count). The van der Waals surface area contributed by atoms with Gasteiger partial charge in [0.2, 0.25) is 0 Å². The molecule has 0 atom stereocenters.